The molecule has 0 bridgehead atoms. The van der Waals surface area contributed by atoms with Gasteiger partial charge >= 0.3 is 12.4 Å². The van der Waals surface area contributed by atoms with Crippen LogP contribution >= 0.6 is 0 Å². The van der Waals surface area contributed by atoms with Gasteiger partial charge in [-0.25, -0.2) is 0 Å². The molecule has 6 aromatic rings. The van der Waals surface area contributed by atoms with Gasteiger partial charge in [-0.2, -0.15) is 26.3 Å². The molecule has 0 atom stereocenters. The molecule has 0 saturated heterocycles. The molecule has 6 aromatic carbocycles. The summed E-state index contributed by atoms with van der Waals surface area (Å²) >= 11 is 0. The van der Waals surface area contributed by atoms with Crippen molar-refractivity contribution in [2.24, 2.45) is 0 Å². The smallest absolute Gasteiger partial charge is 0.396 e. The van der Waals surface area contributed by atoms with Crippen LogP contribution in [-0.2, 0) is 38.3 Å². The molecule has 0 aromatic heterocycles. The highest BCUT2D eigenvalue weighted by atomic mass is 19.4. The van der Waals surface area contributed by atoms with Crippen LogP contribution in [0, 0.1) is 0 Å². The number of halogens is 6. The highest BCUT2D eigenvalue weighted by molar-refractivity contribution is 6.09. The van der Waals surface area contributed by atoms with Crippen molar-refractivity contribution in [2.45, 2.75) is 38.3 Å². The second-order valence-electron chi connectivity index (χ2n) is 13.7. The molecule has 0 spiro atoms. The minimum Gasteiger partial charge on any atom is -0.396 e. The summed E-state index contributed by atoms with van der Waals surface area (Å²) in [5.74, 6) is -0.716. The summed E-state index contributed by atoms with van der Waals surface area (Å²) in [4.78, 5) is 25.8. The predicted molar refractivity (Wildman–Crippen MR) is 215 cm³/mol. The molecule has 0 fully saturated rings. The first kappa shape index (κ1) is 42.3. The van der Waals surface area contributed by atoms with E-state index in [1.54, 1.807) is 66.7 Å². The normalized spacial score (nSPS) is 12.5. The lowest BCUT2D eigenvalue weighted by molar-refractivity contribution is -0.138. The largest absolute Gasteiger partial charge is 0.416 e. The maximum Gasteiger partial charge on any atom is 0.416 e. The SMILES string of the molecule is O=C(Nc1ccc(CO)c(CCO)c1)c1ccccc1-c1ccc(C(F)(F)F)cc1.O=C(Nc1ccc2c(c1)CCNC2)c1ccccc1-c1ccc(C(F)(F)F)cc1. The minimum absolute atomic E-state index is 0.0961. The Balaban J connectivity index is 0.000000198. The van der Waals surface area contributed by atoms with Crippen LogP contribution < -0.4 is 16.0 Å². The van der Waals surface area contributed by atoms with Gasteiger partial charge in [0.15, 0.2) is 0 Å². The summed E-state index contributed by atoms with van der Waals surface area (Å²) in [6.07, 6.45) is -7.58. The molecular weight excluding hydrogens is 773 g/mol. The Morgan fingerprint density at radius 1 is 0.576 bits per heavy atom. The van der Waals surface area contributed by atoms with E-state index in [0.29, 0.717) is 62.3 Å². The van der Waals surface area contributed by atoms with E-state index in [4.69, 9.17) is 0 Å². The lowest BCUT2D eigenvalue weighted by atomic mass is 9.97. The Morgan fingerprint density at radius 2 is 1.07 bits per heavy atom. The molecular formula is C46H39F6N3O4. The Hall–Kier alpha value is -6.28. The molecule has 0 radical (unpaired) electrons. The molecule has 13 heteroatoms. The average Bonchev–Trinajstić information content (AvgIpc) is 3.23. The van der Waals surface area contributed by atoms with Crippen molar-refractivity contribution >= 4 is 23.2 Å². The maximum atomic E-state index is 12.9. The summed E-state index contributed by atoms with van der Waals surface area (Å²) < 4.78 is 76.9. The van der Waals surface area contributed by atoms with E-state index in [-0.39, 0.29) is 19.1 Å². The van der Waals surface area contributed by atoms with Crippen LogP contribution in [0.2, 0.25) is 0 Å². The maximum absolute atomic E-state index is 12.9. The third-order valence-electron chi connectivity index (χ3n) is 9.76. The number of nitrogens with one attached hydrogen (secondary N) is 3. The number of benzene rings is 6. The summed E-state index contributed by atoms with van der Waals surface area (Å²) in [6.45, 7) is 1.45. The molecule has 304 valence electrons. The van der Waals surface area contributed by atoms with Crippen molar-refractivity contribution in [3.8, 4) is 22.3 Å². The van der Waals surface area contributed by atoms with Crippen molar-refractivity contribution in [2.75, 3.05) is 23.8 Å². The fraction of sp³-hybridized carbons (Fsp3) is 0.174. The van der Waals surface area contributed by atoms with Crippen molar-refractivity contribution in [3.63, 3.8) is 0 Å². The van der Waals surface area contributed by atoms with Gasteiger partial charge < -0.3 is 26.2 Å². The number of alkyl halides is 6. The summed E-state index contributed by atoms with van der Waals surface area (Å²) in [6, 6.07) is 33.9. The molecule has 5 N–H and O–H groups in total. The number of hydrogen-bond acceptors (Lipinski definition) is 5. The molecule has 1 aliphatic heterocycles. The molecule has 59 heavy (non-hydrogen) atoms. The van der Waals surface area contributed by atoms with Crippen molar-refractivity contribution in [3.05, 3.63) is 178 Å². The van der Waals surface area contributed by atoms with Crippen LogP contribution in [-0.4, -0.2) is 35.2 Å². The van der Waals surface area contributed by atoms with Gasteiger partial charge in [0.1, 0.15) is 0 Å². The molecule has 1 heterocycles. The first-order chi connectivity index (χ1) is 28.2. The van der Waals surface area contributed by atoms with E-state index in [0.717, 1.165) is 43.8 Å². The van der Waals surface area contributed by atoms with E-state index < -0.39 is 29.4 Å². The highest BCUT2D eigenvalue weighted by Crippen LogP contribution is 2.34. The van der Waals surface area contributed by atoms with E-state index in [1.807, 2.05) is 18.2 Å². The zero-order chi connectivity index (χ0) is 42.2. The van der Waals surface area contributed by atoms with Gasteiger partial charge in [-0.1, -0.05) is 72.8 Å². The third kappa shape index (κ3) is 10.6. The van der Waals surface area contributed by atoms with E-state index in [9.17, 15) is 46.1 Å². The zero-order valence-corrected chi connectivity index (χ0v) is 31.4. The van der Waals surface area contributed by atoms with E-state index in [1.165, 1.54) is 35.4 Å². The first-order valence-corrected chi connectivity index (χ1v) is 18.6. The third-order valence-corrected chi connectivity index (χ3v) is 9.76. The van der Waals surface area contributed by atoms with Crippen LogP contribution in [0.4, 0.5) is 37.7 Å². The second-order valence-corrected chi connectivity index (χ2v) is 13.7. The van der Waals surface area contributed by atoms with Crippen molar-refractivity contribution < 1.29 is 46.1 Å². The minimum atomic E-state index is -4.43. The number of carbonyl (C=O) groups excluding carboxylic acids is 2. The van der Waals surface area contributed by atoms with Crippen molar-refractivity contribution in [1.29, 1.82) is 0 Å². The van der Waals surface area contributed by atoms with E-state index in [2.05, 4.69) is 16.0 Å². The number of aliphatic hydroxyl groups is 2. The number of amides is 2. The van der Waals surface area contributed by atoms with Crippen molar-refractivity contribution in [1.82, 2.24) is 5.32 Å². The van der Waals surface area contributed by atoms with Gasteiger partial charge in [0.25, 0.3) is 11.8 Å². The monoisotopic (exact) mass is 811 g/mol. The van der Waals surface area contributed by atoms with Gasteiger partial charge in [0.2, 0.25) is 0 Å². The molecule has 0 aliphatic carbocycles. The van der Waals surface area contributed by atoms with Crippen LogP contribution in [0.15, 0.2) is 133 Å². The predicted octanol–water partition coefficient (Wildman–Crippen LogP) is 9.92. The van der Waals surface area contributed by atoms with Gasteiger partial charge in [-0.3, -0.25) is 9.59 Å². The quantitative estimate of drug-likeness (QED) is 0.0935. The van der Waals surface area contributed by atoms with Gasteiger partial charge in [-0.15, -0.1) is 0 Å². The molecule has 2 amide bonds. The molecule has 7 rings (SSSR count). The van der Waals surface area contributed by atoms with E-state index >= 15 is 0 Å². The Morgan fingerprint density at radius 3 is 1.56 bits per heavy atom. The lowest BCUT2D eigenvalue weighted by Crippen LogP contribution is -2.23. The van der Waals surface area contributed by atoms with Gasteiger partial charge in [0, 0.05) is 35.7 Å². The second kappa shape index (κ2) is 18.5. The van der Waals surface area contributed by atoms with Gasteiger partial charge in [0.05, 0.1) is 17.7 Å². The summed E-state index contributed by atoms with van der Waals surface area (Å²) in [5, 5.41) is 27.6. The number of fused-ring (bicyclic) bond motifs is 1. The fourth-order valence-electron chi connectivity index (χ4n) is 6.71. The highest BCUT2D eigenvalue weighted by Gasteiger charge is 2.31. The molecule has 0 saturated carbocycles. The Kier molecular flexibility index (Phi) is 13.3. The summed E-state index contributed by atoms with van der Waals surface area (Å²) in [5.41, 5.74) is 6.38. The molecule has 1 aliphatic rings. The topological polar surface area (TPSA) is 111 Å². The standard InChI is InChI=1S/C23H19F3N2O.C23H20F3NO3/c24-23(25,26)18-8-5-15(6-9-18)20-3-1-2-4-21(20)22(29)28-19-10-7-17-14-27-12-11-16(17)13-19;24-23(25,26)18-8-5-15(6-9-18)20-3-1-2-4-21(20)22(30)27-19-10-7-17(14-29)16(13-19)11-12-28/h1-10,13,27H,11-12,14H2,(H,28,29);1-10,13,28-29H,11-12,14H2,(H,27,30). The van der Waals surface area contributed by atoms with Crippen LogP contribution in [0.1, 0.15) is 54.1 Å². The van der Waals surface area contributed by atoms with Crippen LogP contribution in [0.5, 0.6) is 0 Å². The number of rotatable bonds is 9. The van der Waals surface area contributed by atoms with Crippen LogP contribution in [0.25, 0.3) is 22.3 Å². The lowest BCUT2D eigenvalue weighted by Gasteiger charge is -2.18. The fourth-order valence-corrected chi connectivity index (χ4v) is 6.71. The Bertz CT molecular complexity index is 2410. The molecule has 7 nitrogen and oxygen atoms in total. The molecule has 0 unspecified atom stereocenters. The van der Waals surface area contributed by atoms with Crippen LogP contribution in [0.3, 0.4) is 0 Å². The average molecular weight is 812 g/mol. The number of hydrogen-bond donors (Lipinski definition) is 5. The van der Waals surface area contributed by atoms with Gasteiger partial charge in [-0.05, 0) is 125 Å². The number of carbonyl (C=O) groups is 2. The first-order valence-electron chi connectivity index (χ1n) is 18.6. The number of aliphatic hydroxyl groups excluding tert-OH is 2. The number of anilines is 2. The Labute approximate surface area is 336 Å². The zero-order valence-electron chi connectivity index (χ0n) is 31.4. The summed E-state index contributed by atoms with van der Waals surface area (Å²) in [7, 11) is 0.